The van der Waals surface area contributed by atoms with E-state index in [2.05, 4.69) is 10.6 Å². The maximum atomic E-state index is 13.0. The van der Waals surface area contributed by atoms with Crippen molar-refractivity contribution in [2.24, 2.45) is 0 Å². The number of hydrogen-bond acceptors (Lipinski definition) is 2. The lowest BCUT2D eigenvalue weighted by Gasteiger charge is -2.08. The number of amides is 1. The van der Waals surface area contributed by atoms with E-state index in [0.29, 0.717) is 6.54 Å². The average molecular weight is 293 g/mol. The first-order valence-electron chi connectivity index (χ1n) is 6.10. The zero-order chi connectivity index (χ0) is 14.5. The molecule has 0 aliphatic carbocycles. The lowest BCUT2D eigenvalue weighted by atomic mass is 10.2. The Kier molecular flexibility index (Phi) is 4.58. The molecule has 0 atom stereocenters. The zero-order valence-corrected chi connectivity index (χ0v) is 11.7. The van der Waals surface area contributed by atoms with Crippen LogP contribution in [0.3, 0.4) is 0 Å². The highest BCUT2D eigenvalue weighted by atomic mass is 35.5. The van der Waals surface area contributed by atoms with Crippen molar-refractivity contribution in [3.8, 4) is 0 Å². The topological polar surface area (TPSA) is 41.1 Å². The molecular weight excluding hydrogens is 279 g/mol. The zero-order valence-electron chi connectivity index (χ0n) is 10.9. The molecule has 0 unspecified atom stereocenters. The highest BCUT2D eigenvalue weighted by molar-refractivity contribution is 6.31. The van der Waals surface area contributed by atoms with Crippen LogP contribution in [0.1, 0.15) is 12.5 Å². The maximum Gasteiger partial charge on any atom is 0.221 e. The minimum atomic E-state index is -0.433. The molecule has 0 spiro atoms. The normalized spacial score (nSPS) is 10.2. The van der Waals surface area contributed by atoms with E-state index in [4.69, 9.17) is 11.6 Å². The monoisotopic (exact) mass is 292 g/mol. The average Bonchev–Trinajstić information content (AvgIpc) is 2.41. The number of nitrogens with one attached hydrogen (secondary N) is 2. The van der Waals surface area contributed by atoms with E-state index in [9.17, 15) is 9.18 Å². The molecule has 5 heteroatoms. The summed E-state index contributed by atoms with van der Waals surface area (Å²) in [5.74, 6) is -0.534. The van der Waals surface area contributed by atoms with Crippen LogP contribution in [0.15, 0.2) is 42.5 Å². The lowest BCUT2D eigenvalue weighted by molar-refractivity contribution is -0.114. The van der Waals surface area contributed by atoms with Gasteiger partial charge in [-0.1, -0.05) is 23.7 Å². The van der Waals surface area contributed by atoms with E-state index in [1.165, 1.54) is 13.0 Å². The summed E-state index contributed by atoms with van der Waals surface area (Å²) in [6.07, 6.45) is 0. The fraction of sp³-hybridized carbons (Fsp3) is 0.133. The van der Waals surface area contributed by atoms with Gasteiger partial charge in [0.1, 0.15) is 5.82 Å². The number of halogens is 2. The van der Waals surface area contributed by atoms with Crippen molar-refractivity contribution in [1.29, 1.82) is 0 Å². The number of rotatable bonds is 4. The molecule has 0 saturated carbocycles. The van der Waals surface area contributed by atoms with Crippen LogP contribution in [-0.2, 0) is 11.3 Å². The second kappa shape index (κ2) is 6.39. The standard InChI is InChI=1S/C15H14ClFN2O/c1-10(20)19-12-4-2-11(3-5-12)9-18-13-6-7-15(17)14(16)8-13/h2-8,18H,9H2,1H3,(H,19,20). The summed E-state index contributed by atoms with van der Waals surface area (Å²) in [5, 5.41) is 5.95. The van der Waals surface area contributed by atoms with Gasteiger partial charge < -0.3 is 10.6 Å². The predicted octanol–water partition coefficient (Wildman–Crippen LogP) is 4.05. The predicted molar refractivity (Wildman–Crippen MR) is 79.5 cm³/mol. The molecular formula is C15H14ClFN2O. The van der Waals surface area contributed by atoms with Crippen molar-refractivity contribution in [2.45, 2.75) is 13.5 Å². The number of anilines is 2. The van der Waals surface area contributed by atoms with Gasteiger partial charge in [0.25, 0.3) is 0 Å². The summed E-state index contributed by atoms with van der Waals surface area (Å²) < 4.78 is 13.0. The van der Waals surface area contributed by atoms with Crippen LogP contribution < -0.4 is 10.6 Å². The van der Waals surface area contributed by atoms with E-state index >= 15 is 0 Å². The molecule has 0 bridgehead atoms. The number of carbonyl (C=O) groups is 1. The quantitative estimate of drug-likeness (QED) is 0.892. The Morgan fingerprint density at radius 3 is 2.40 bits per heavy atom. The van der Waals surface area contributed by atoms with E-state index in [-0.39, 0.29) is 10.9 Å². The van der Waals surface area contributed by atoms with Crippen LogP contribution in [0.4, 0.5) is 15.8 Å². The number of carbonyl (C=O) groups excluding carboxylic acids is 1. The molecule has 104 valence electrons. The summed E-state index contributed by atoms with van der Waals surface area (Å²) >= 11 is 5.71. The summed E-state index contributed by atoms with van der Waals surface area (Å²) in [6, 6.07) is 12.0. The van der Waals surface area contributed by atoms with Crippen LogP contribution in [0, 0.1) is 5.82 Å². The fourth-order valence-corrected chi connectivity index (χ4v) is 1.90. The molecule has 2 aromatic rings. The van der Waals surface area contributed by atoms with Crippen LogP contribution >= 0.6 is 11.6 Å². The largest absolute Gasteiger partial charge is 0.381 e. The van der Waals surface area contributed by atoms with Crippen molar-refractivity contribution in [3.05, 3.63) is 58.9 Å². The minimum absolute atomic E-state index is 0.0935. The van der Waals surface area contributed by atoms with Gasteiger partial charge in [-0.3, -0.25) is 4.79 Å². The number of benzene rings is 2. The third-order valence-corrected chi connectivity index (χ3v) is 2.98. The van der Waals surface area contributed by atoms with Gasteiger partial charge in [0.2, 0.25) is 5.91 Å². The van der Waals surface area contributed by atoms with Gasteiger partial charge in [0.15, 0.2) is 0 Å². The number of hydrogen-bond donors (Lipinski definition) is 2. The molecule has 0 fully saturated rings. The van der Waals surface area contributed by atoms with E-state index in [0.717, 1.165) is 16.9 Å². The lowest BCUT2D eigenvalue weighted by Crippen LogP contribution is -2.06. The first-order chi connectivity index (χ1) is 9.54. The Bertz CT molecular complexity index is 614. The van der Waals surface area contributed by atoms with Crippen molar-refractivity contribution in [1.82, 2.24) is 0 Å². The summed E-state index contributed by atoms with van der Waals surface area (Å²) in [5.41, 5.74) is 2.55. The van der Waals surface area contributed by atoms with Crippen molar-refractivity contribution in [2.75, 3.05) is 10.6 Å². The van der Waals surface area contributed by atoms with Crippen LogP contribution in [0.2, 0.25) is 5.02 Å². The third-order valence-electron chi connectivity index (χ3n) is 2.69. The Morgan fingerprint density at radius 1 is 1.15 bits per heavy atom. The molecule has 0 aliphatic rings. The Morgan fingerprint density at radius 2 is 1.80 bits per heavy atom. The summed E-state index contributed by atoms with van der Waals surface area (Å²) in [4.78, 5) is 10.9. The van der Waals surface area contributed by atoms with Gasteiger partial charge in [-0.25, -0.2) is 4.39 Å². The Balaban J connectivity index is 1.96. The third kappa shape index (κ3) is 3.96. The highest BCUT2D eigenvalue weighted by Gasteiger charge is 2.01. The molecule has 3 nitrogen and oxygen atoms in total. The van der Waals surface area contributed by atoms with Crippen molar-refractivity contribution >= 4 is 28.9 Å². The van der Waals surface area contributed by atoms with Gasteiger partial charge in [-0.15, -0.1) is 0 Å². The van der Waals surface area contributed by atoms with Crippen LogP contribution in [0.25, 0.3) is 0 Å². The molecule has 1 amide bonds. The second-order valence-corrected chi connectivity index (χ2v) is 4.77. The van der Waals surface area contributed by atoms with Gasteiger partial charge in [0.05, 0.1) is 5.02 Å². The Hall–Kier alpha value is -2.07. The minimum Gasteiger partial charge on any atom is -0.381 e. The molecule has 2 N–H and O–H groups in total. The van der Waals surface area contributed by atoms with Gasteiger partial charge in [-0.2, -0.15) is 0 Å². The smallest absolute Gasteiger partial charge is 0.221 e. The summed E-state index contributed by atoms with van der Waals surface area (Å²) in [7, 11) is 0. The molecule has 20 heavy (non-hydrogen) atoms. The molecule has 0 heterocycles. The molecule has 2 aromatic carbocycles. The van der Waals surface area contributed by atoms with Crippen molar-refractivity contribution < 1.29 is 9.18 Å². The van der Waals surface area contributed by atoms with E-state index in [1.807, 2.05) is 24.3 Å². The first kappa shape index (κ1) is 14.3. The van der Waals surface area contributed by atoms with E-state index in [1.54, 1.807) is 12.1 Å². The highest BCUT2D eigenvalue weighted by Crippen LogP contribution is 2.20. The molecule has 0 aliphatic heterocycles. The van der Waals surface area contributed by atoms with E-state index < -0.39 is 5.82 Å². The van der Waals surface area contributed by atoms with Crippen molar-refractivity contribution in [3.63, 3.8) is 0 Å². The summed E-state index contributed by atoms with van der Waals surface area (Å²) in [6.45, 7) is 2.05. The maximum absolute atomic E-state index is 13.0. The van der Waals surface area contributed by atoms with Gasteiger partial charge in [-0.05, 0) is 35.9 Å². The van der Waals surface area contributed by atoms with Crippen LogP contribution in [0.5, 0.6) is 0 Å². The molecule has 0 saturated heterocycles. The van der Waals surface area contributed by atoms with Gasteiger partial charge >= 0.3 is 0 Å². The fourth-order valence-electron chi connectivity index (χ4n) is 1.72. The van der Waals surface area contributed by atoms with Gasteiger partial charge in [0, 0.05) is 24.8 Å². The second-order valence-electron chi connectivity index (χ2n) is 4.36. The molecule has 0 radical (unpaired) electrons. The SMILES string of the molecule is CC(=O)Nc1ccc(CNc2ccc(F)c(Cl)c2)cc1. The first-order valence-corrected chi connectivity index (χ1v) is 6.48. The Labute approximate surface area is 121 Å². The molecule has 0 aromatic heterocycles. The van der Waals surface area contributed by atoms with Crippen LogP contribution in [-0.4, -0.2) is 5.91 Å². The molecule has 2 rings (SSSR count).